The second-order valence-corrected chi connectivity index (χ2v) is 9.06. The molecule has 1 aliphatic carbocycles. The van der Waals surface area contributed by atoms with Crippen molar-refractivity contribution in [3.8, 4) is 0 Å². The molecule has 2 aliphatic rings. The molecule has 0 radical (unpaired) electrons. The van der Waals surface area contributed by atoms with E-state index in [0.717, 1.165) is 18.1 Å². The summed E-state index contributed by atoms with van der Waals surface area (Å²) in [6.45, 7) is 7.23. The third-order valence-corrected chi connectivity index (χ3v) is 6.29. The quantitative estimate of drug-likeness (QED) is 0.842. The average molecular weight is 337 g/mol. The van der Waals surface area contributed by atoms with Crippen LogP contribution >= 0.6 is 11.8 Å². The first kappa shape index (κ1) is 16.9. The van der Waals surface area contributed by atoms with Crippen LogP contribution in [-0.4, -0.2) is 39.4 Å². The van der Waals surface area contributed by atoms with E-state index in [1.54, 1.807) is 6.20 Å². The van der Waals surface area contributed by atoms with Gasteiger partial charge in [-0.25, -0.2) is 4.98 Å². The maximum absolute atomic E-state index is 12.7. The van der Waals surface area contributed by atoms with Crippen molar-refractivity contribution in [1.82, 2.24) is 9.88 Å². The van der Waals surface area contributed by atoms with Crippen molar-refractivity contribution < 1.29 is 9.21 Å². The fourth-order valence-electron chi connectivity index (χ4n) is 3.54. The number of thioether (sulfide) groups is 1. The van der Waals surface area contributed by atoms with Gasteiger partial charge in [0.05, 0.1) is 6.20 Å². The van der Waals surface area contributed by atoms with Gasteiger partial charge in [0, 0.05) is 41.8 Å². The highest BCUT2D eigenvalue weighted by molar-refractivity contribution is 8.00. The lowest BCUT2D eigenvalue weighted by atomic mass is 9.93. The number of hydrogen-bond acceptors (Lipinski definition) is 4. The van der Waals surface area contributed by atoms with Gasteiger partial charge in [-0.3, -0.25) is 4.79 Å². The Labute approximate surface area is 143 Å². The molecular formula is C18H28N2O2S. The predicted octanol–water partition coefficient (Wildman–Crippen LogP) is 3.79. The van der Waals surface area contributed by atoms with Crippen LogP contribution in [0.2, 0.25) is 0 Å². The molecule has 5 heteroatoms. The summed E-state index contributed by atoms with van der Waals surface area (Å²) in [6.07, 6.45) is 7.95. The lowest BCUT2D eigenvalue weighted by Gasteiger charge is -2.43. The summed E-state index contributed by atoms with van der Waals surface area (Å²) in [7, 11) is 0. The number of carbonyl (C=O) groups excluding carboxylic acids is 1. The number of hydrogen-bond donors (Lipinski definition) is 0. The number of fused-ring (bicyclic) bond motifs is 1. The minimum Gasteiger partial charge on any atom is -0.445 e. The van der Waals surface area contributed by atoms with Gasteiger partial charge in [0.15, 0.2) is 5.89 Å². The Morgan fingerprint density at radius 2 is 2.17 bits per heavy atom. The first-order valence-electron chi connectivity index (χ1n) is 8.81. The third kappa shape index (κ3) is 3.93. The molecule has 0 aromatic carbocycles. The number of rotatable bonds is 3. The van der Waals surface area contributed by atoms with Crippen LogP contribution in [-0.2, 0) is 16.6 Å². The van der Waals surface area contributed by atoms with E-state index < -0.39 is 0 Å². The maximum Gasteiger partial charge on any atom is 0.223 e. The molecule has 0 N–H and O–H groups in total. The summed E-state index contributed by atoms with van der Waals surface area (Å²) in [6, 6.07) is 0.463. The van der Waals surface area contributed by atoms with Gasteiger partial charge in [0.2, 0.25) is 5.91 Å². The van der Waals surface area contributed by atoms with Crippen molar-refractivity contribution in [2.75, 3.05) is 12.3 Å². The van der Waals surface area contributed by atoms with E-state index in [0.29, 0.717) is 30.0 Å². The van der Waals surface area contributed by atoms with Crippen molar-refractivity contribution >= 4 is 17.7 Å². The van der Waals surface area contributed by atoms with Gasteiger partial charge in [-0.05, 0) is 12.8 Å². The number of aromatic nitrogens is 1. The molecule has 1 aromatic rings. The van der Waals surface area contributed by atoms with Gasteiger partial charge in [0.25, 0.3) is 0 Å². The summed E-state index contributed by atoms with van der Waals surface area (Å²) in [5, 5.41) is 0.663. The summed E-state index contributed by atoms with van der Waals surface area (Å²) < 4.78 is 5.81. The summed E-state index contributed by atoms with van der Waals surface area (Å²) >= 11 is 2.06. The lowest BCUT2D eigenvalue weighted by Crippen LogP contribution is -2.51. The molecule has 4 nitrogen and oxygen atoms in total. The van der Waals surface area contributed by atoms with Crippen LogP contribution in [0.3, 0.4) is 0 Å². The van der Waals surface area contributed by atoms with Crippen molar-refractivity contribution in [3.63, 3.8) is 0 Å². The standard InChI is InChI=1S/C18H28N2O2S/c1-18(2,3)15-12-19-16(22-15)8-9-17(21)20-10-11-23-14-7-5-4-6-13(14)20/h12-14H,4-11H2,1-3H3. The Morgan fingerprint density at radius 1 is 1.39 bits per heavy atom. The van der Waals surface area contributed by atoms with Crippen molar-refractivity contribution in [2.24, 2.45) is 0 Å². The molecule has 2 heterocycles. The van der Waals surface area contributed by atoms with E-state index in [2.05, 4.69) is 42.4 Å². The first-order chi connectivity index (χ1) is 10.9. The fraction of sp³-hybridized carbons (Fsp3) is 0.778. The van der Waals surface area contributed by atoms with Gasteiger partial charge < -0.3 is 9.32 Å². The molecular weight excluding hydrogens is 308 g/mol. The molecule has 2 unspecified atom stereocenters. The largest absolute Gasteiger partial charge is 0.445 e. The second-order valence-electron chi connectivity index (χ2n) is 7.72. The van der Waals surface area contributed by atoms with Gasteiger partial charge in [-0.15, -0.1) is 0 Å². The number of oxazole rings is 1. The zero-order valence-electron chi connectivity index (χ0n) is 14.5. The third-order valence-electron chi connectivity index (χ3n) is 4.90. The van der Waals surface area contributed by atoms with E-state index in [-0.39, 0.29) is 11.3 Å². The molecule has 1 saturated heterocycles. The molecule has 0 spiro atoms. The van der Waals surface area contributed by atoms with E-state index in [9.17, 15) is 4.79 Å². The Morgan fingerprint density at radius 3 is 2.91 bits per heavy atom. The number of nitrogens with zero attached hydrogens (tertiary/aromatic N) is 2. The maximum atomic E-state index is 12.7. The van der Waals surface area contributed by atoms with Gasteiger partial charge in [0.1, 0.15) is 5.76 Å². The summed E-state index contributed by atoms with van der Waals surface area (Å²) in [5.41, 5.74) is -0.0331. The normalized spacial score (nSPS) is 25.3. The topological polar surface area (TPSA) is 46.3 Å². The highest BCUT2D eigenvalue weighted by atomic mass is 32.2. The van der Waals surface area contributed by atoms with Crippen LogP contribution in [0.4, 0.5) is 0 Å². The molecule has 1 saturated carbocycles. The Hall–Kier alpha value is -0.970. The average Bonchev–Trinajstić information content (AvgIpc) is 3.01. The fourth-order valence-corrected chi connectivity index (χ4v) is 4.98. The van der Waals surface area contributed by atoms with Crippen LogP contribution in [0, 0.1) is 0 Å². The Bertz CT molecular complexity index is 547. The van der Waals surface area contributed by atoms with E-state index >= 15 is 0 Å². The molecule has 1 aliphatic heterocycles. The molecule has 23 heavy (non-hydrogen) atoms. The summed E-state index contributed by atoms with van der Waals surface area (Å²) in [4.78, 5) is 19.2. The zero-order valence-corrected chi connectivity index (χ0v) is 15.3. The second kappa shape index (κ2) is 6.88. The van der Waals surface area contributed by atoms with Crippen LogP contribution in [0.25, 0.3) is 0 Å². The van der Waals surface area contributed by atoms with E-state index in [1.807, 2.05) is 0 Å². The number of carbonyl (C=O) groups is 1. The van der Waals surface area contributed by atoms with Gasteiger partial charge in [-0.1, -0.05) is 33.6 Å². The van der Waals surface area contributed by atoms with Crippen LogP contribution in [0.1, 0.15) is 64.5 Å². The Kier molecular flexibility index (Phi) is 5.04. The predicted molar refractivity (Wildman–Crippen MR) is 93.7 cm³/mol. The summed E-state index contributed by atoms with van der Waals surface area (Å²) in [5.74, 6) is 2.94. The van der Waals surface area contributed by atoms with Gasteiger partial charge in [-0.2, -0.15) is 11.8 Å². The molecule has 2 fully saturated rings. The highest BCUT2D eigenvalue weighted by Gasteiger charge is 2.36. The van der Waals surface area contributed by atoms with Crippen LogP contribution in [0.15, 0.2) is 10.6 Å². The van der Waals surface area contributed by atoms with Crippen molar-refractivity contribution in [2.45, 2.75) is 76.0 Å². The smallest absolute Gasteiger partial charge is 0.223 e. The molecule has 1 aromatic heterocycles. The first-order valence-corrected chi connectivity index (χ1v) is 9.86. The van der Waals surface area contributed by atoms with Crippen LogP contribution in [0.5, 0.6) is 0 Å². The molecule has 2 atom stereocenters. The number of amides is 1. The zero-order chi connectivity index (χ0) is 16.4. The molecule has 128 valence electrons. The van der Waals surface area contributed by atoms with Crippen molar-refractivity contribution in [3.05, 3.63) is 17.8 Å². The number of aryl methyl sites for hydroxylation is 1. The Balaban J connectivity index is 1.57. The molecule has 3 rings (SSSR count). The highest BCUT2D eigenvalue weighted by Crippen LogP contribution is 2.35. The van der Waals surface area contributed by atoms with Crippen molar-refractivity contribution in [1.29, 1.82) is 0 Å². The van der Waals surface area contributed by atoms with Gasteiger partial charge >= 0.3 is 0 Å². The van der Waals surface area contributed by atoms with E-state index in [4.69, 9.17) is 4.42 Å². The molecule has 1 amide bonds. The molecule has 0 bridgehead atoms. The minimum absolute atomic E-state index is 0.0331. The lowest BCUT2D eigenvalue weighted by molar-refractivity contribution is -0.134. The monoisotopic (exact) mass is 336 g/mol. The SMILES string of the molecule is CC(C)(C)c1cnc(CCC(=O)N2CCSC3CCCCC32)o1. The minimum atomic E-state index is -0.0331. The van der Waals surface area contributed by atoms with Crippen LogP contribution < -0.4 is 0 Å². The van der Waals surface area contributed by atoms with E-state index in [1.165, 1.54) is 25.7 Å².